The van der Waals surface area contributed by atoms with Gasteiger partial charge >= 0.3 is 0 Å². The molecule has 2 heterocycles. The molecule has 0 saturated carbocycles. The molecule has 0 N–H and O–H groups in total. The largest absolute Gasteiger partial charge is 0.443 e. The van der Waals surface area contributed by atoms with Crippen LogP contribution in [0.2, 0.25) is 0 Å². The molecule has 1 fully saturated rings. The van der Waals surface area contributed by atoms with E-state index in [0.717, 1.165) is 6.07 Å². The Balaban J connectivity index is 2.22. The van der Waals surface area contributed by atoms with E-state index in [9.17, 15) is 13.2 Å². The highest BCUT2D eigenvalue weighted by atomic mass is 79.9. The Bertz CT molecular complexity index is 633. The zero-order valence-electron chi connectivity index (χ0n) is 11.2. The molecule has 10 heteroatoms. The highest BCUT2D eigenvalue weighted by molar-refractivity contribution is 9.10. The molecule has 7 nitrogen and oxygen atoms in total. The summed E-state index contributed by atoms with van der Waals surface area (Å²) in [7, 11) is 4.33. The number of nitrogens with zero attached hydrogens (tertiary/aromatic N) is 1. The zero-order valence-corrected chi connectivity index (χ0v) is 14.4. The number of ether oxygens (including phenoxy) is 2. The second-order valence-electron chi connectivity index (χ2n) is 4.44. The summed E-state index contributed by atoms with van der Waals surface area (Å²) in [6.07, 6.45) is -0.484. The maximum Gasteiger partial charge on any atom is 0.289 e. The number of rotatable bonds is 4. The standard InChI is InChI=1S/C11H13BrClNO6S/c1-18-7-4-14(5-8(7)19-2)11(15)6-3-9(10(12)20-6)21(13,16)17/h3,7-8H,4-5H2,1-2H3. The van der Waals surface area contributed by atoms with E-state index >= 15 is 0 Å². The van der Waals surface area contributed by atoms with Gasteiger partial charge in [0.25, 0.3) is 15.0 Å². The van der Waals surface area contributed by atoms with Gasteiger partial charge in [0.05, 0.1) is 0 Å². The van der Waals surface area contributed by atoms with Crippen LogP contribution in [0.3, 0.4) is 0 Å². The first kappa shape index (κ1) is 16.8. The van der Waals surface area contributed by atoms with E-state index in [-0.39, 0.29) is 27.5 Å². The predicted octanol–water partition coefficient (Wildman–Crippen LogP) is 1.46. The minimum atomic E-state index is -3.99. The van der Waals surface area contributed by atoms with Crippen LogP contribution in [0.25, 0.3) is 0 Å². The van der Waals surface area contributed by atoms with Crippen LogP contribution in [0.5, 0.6) is 0 Å². The molecule has 1 aliphatic rings. The Hall–Kier alpha value is -0.610. The summed E-state index contributed by atoms with van der Waals surface area (Å²) in [4.78, 5) is 13.5. The van der Waals surface area contributed by atoms with E-state index in [1.54, 1.807) is 0 Å². The van der Waals surface area contributed by atoms with E-state index < -0.39 is 15.0 Å². The van der Waals surface area contributed by atoms with Gasteiger partial charge in [0.2, 0.25) is 0 Å². The molecule has 0 spiro atoms. The Morgan fingerprint density at radius 1 is 1.38 bits per heavy atom. The fourth-order valence-electron chi connectivity index (χ4n) is 2.14. The molecule has 118 valence electrons. The van der Waals surface area contributed by atoms with Crippen molar-refractivity contribution in [2.45, 2.75) is 17.1 Å². The third-order valence-corrected chi connectivity index (χ3v) is 5.42. The summed E-state index contributed by atoms with van der Waals surface area (Å²) in [6, 6.07) is 1.09. The van der Waals surface area contributed by atoms with Crippen molar-refractivity contribution >= 4 is 41.6 Å². The van der Waals surface area contributed by atoms with E-state index in [1.807, 2.05) is 0 Å². The van der Waals surface area contributed by atoms with Gasteiger partial charge in [0.1, 0.15) is 17.1 Å². The minimum absolute atomic E-state index is 0.105. The number of amides is 1. The van der Waals surface area contributed by atoms with Crippen molar-refractivity contribution in [3.63, 3.8) is 0 Å². The lowest BCUT2D eigenvalue weighted by molar-refractivity contribution is -0.00461. The number of carbonyl (C=O) groups is 1. The maximum atomic E-state index is 12.3. The van der Waals surface area contributed by atoms with Gasteiger partial charge in [0, 0.05) is 44.1 Å². The van der Waals surface area contributed by atoms with Crippen molar-refractivity contribution in [2.24, 2.45) is 0 Å². The molecule has 0 radical (unpaired) electrons. The van der Waals surface area contributed by atoms with Crippen molar-refractivity contribution in [3.05, 3.63) is 16.5 Å². The Morgan fingerprint density at radius 2 is 1.90 bits per heavy atom. The Labute approximate surface area is 134 Å². The molecule has 1 saturated heterocycles. The normalized spacial score (nSPS) is 22.8. The van der Waals surface area contributed by atoms with Crippen LogP contribution >= 0.6 is 26.6 Å². The Kier molecular flexibility index (Phi) is 4.99. The van der Waals surface area contributed by atoms with Gasteiger partial charge in [-0.1, -0.05) is 0 Å². The molecule has 2 atom stereocenters. The molecular weight excluding hydrogens is 390 g/mol. The highest BCUT2D eigenvalue weighted by Gasteiger charge is 2.37. The van der Waals surface area contributed by atoms with Gasteiger partial charge in [-0.3, -0.25) is 4.79 Å². The lowest BCUT2D eigenvalue weighted by atomic mass is 10.3. The summed E-state index contributed by atoms with van der Waals surface area (Å²) < 4.78 is 38.1. The summed E-state index contributed by atoms with van der Waals surface area (Å²) in [5.41, 5.74) is 0. The van der Waals surface area contributed by atoms with Gasteiger partial charge in [0.15, 0.2) is 10.4 Å². The monoisotopic (exact) mass is 401 g/mol. The molecule has 1 aromatic heterocycles. The maximum absolute atomic E-state index is 12.3. The van der Waals surface area contributed by atoms with Gasteiger partial charge in [-0.2, -0.15) is 0 Å². The molecule has 0 bridgehead atoms. The molecule has 1 aromatic rings. The number of methoxy groups -OCH3 is 2. The van der Waals surface area contributed by atoms with Gasteiger partial charge in [-0.25, -0.2) is 8.42 Å². The second kappa shape index (κ2) is 6.25. The lowest BCUT2D eigenvalue weighted by Crippen LogP contribution is -2.29. The topological polar surface area (TPSA) is 86.0 Å². The van der Waals surface area contributed by atoms with Crippen LogP contribution in [0.4, 0.5) is 0 Å². The van der Waals surface area contributed by atoms with Gasteiger partial charge in [-0.05, 0) is 15.9 Å². The Morgan fingerprint density at radius 3 is 2.29 bits per heavy atom. The first-order valence-corrected chi connectivity index (χ1v) is 8.97. The second-order valence-corrected chi connectivity index (χ2v) is 7.70. The summed E-state index contributed by atoms with van der Waals surface area (Å²) in [5, 5.41) is 0. The SMILES string of the molecule is COC1CN(C(=O)c2cc(S(=O)(=O)Cl)c(Br)o2)CC1OC. The van der Waals surface area contributed by atoms with Crippen molar-refractivity contribution in [1.29, 1.82) is 0 Å². The number of furan rings is 1. The molecule has 2 unspecified atom stereocenters. The fraction of sp³-hybridized carbons (Fsp3) is 0.545. The third kappa shape index (κ3) is 3.42. The van der Waals surface area contributed by atoms with Crippen molar-refractivity contribution < 1.29 is 27.1 Å². The van der Waals surface area contributed by atoms with E-state index in [4.69, 9.17) is 24.6 Å². The molecule has 1 aliphatic heterocycles. The molecule has 2 rings (SSSR count). The molecular formula is C11H13BrClNO6S. The highest BCUT2D eigenvalue weighted by Crippen LogP contribution is 2.30. The van der Waals surface area contributed by atoms with Crippen LogP contribution in [0.15, 0.2) is 20.0 Å². The van der Waals surface area contributed by atoms with Crippen LogP contribution in [-0.4, -0.2) is 58.7 Å². The lowest BCUT2D eigenvalue weighted by Gasteiger charge is -2.13. The smallest absolute Gasteiger partial charge is 0.289 e. The first-order chi connectivity index (χ1) is 9.77. The third-order valence-electron chi connectivity index (χ3n) is 3.24. The quantitative estimate of drug-likeness (QED) is 0.709. The number of halogens is 2. The average Bonchev–Trinajstić information content (AvgIpc) is 3.00. The van der Waals surface area contributed by atoms with Gasteiger partial charge in [-0.15, -0.1) is 0 Å². The fourth-order valence-corrected chi connectivity index (χ4v) is 4.17. The first-order valence-electron chi connectivity index (χ1n) is 5.86. The van der Waals surface area contributed by atoms with Crippen LogP contribution in [0, 0.1) is 0 Å². The molecule has 0 aromatic carbocycles. The zero-order chi connectivity index (χ0) is 15.8. The molecule has 21 heavy (non-hydrogen) atoms. The molecule has 0 aliphatic carbocycles. The minimum Gasteiger partial charge on any atom is -0.443 e. The predicted molar refractivity (Wildman–Crippen MR) is 76.9 cm³/mol. The number of carbonyl (C=O) groups excluding carboxylic acids is 1. The van der Waals surface area contributed by atoms with E-state index in [1.165, 1.54) is 19.1 Å². The van der Waals surface area contributed by atoms with Gasteiger partial charge < -0.3 is 18.8 Å². The van der Waals surface area contributed by atoms with E-state index in [2.05, 4.69) is 15.9 Å². The number of hydrogen-bond donors (Lipinski definition) is 0. The van der Waals surface area contributed by atoms with Crippen molar-refractivity contribution in [3.8, 4) is 0 Å². The van der Waals surface area contributed by atoms with E-state index in [0.29, 0.717) is 13.1 Å². The van der Waals surface area contributed by atoms with Crippen LogP contribution < -0.4 is 0 Å². The van der Waals surface area contributed by atoms with Crippen LogP contribution in [0.1, 0.15) is 10.6 Å². The van der Waals surface area contributed by atoms with Crippen molar-refractivity contribution in [2.75, 3.05) is 27.3 Å². The average molecular weight is 403 g/mol. The summed E-state index contributed by atoms with van der Waals surface area (Å²) in [6.45, 7) is 0.657. The summed E-state index contributed by atoms with van der Waals surface area (Å²) >= 11 is 2.93. The number of likely N-dealkylation sites (tertiary alicyclic amines) is 1. The molecule has 1 amide bonds. The van der Waals surface area contributed by atoms with Crippen molar-refractivity contribution in [1.82, 2.24) is 4.90 Å². The summed E-state index contributed by atoms with van der Waals surface area (Å²) in [5.74, 6) is -0.573. The number of hydrogen-bond acceptors (Lipinski definition) is 6. The van der Waals surface area contributed by atoms with Crippen LogP contribution in [-0.2, 0) is 18.5 Å².